The molecule has 1 fully saturated rings. The summed E-state index contributed by atoms with van der Waals surface area (Å²) < 4.78 is 0. The fourth-order valence-corrected chi connectivity index (χ4v) is 3.34. The average Bonchev–Trinajstić information content (AvgIpc) is 2.49. The van der Waals surface area contributed by atoms with Gasteiger partial charge in [0, 0.05) is 25.0 Å². The maximum absolute atomic E-state index is 11.9. The summed E-state index contributed by atoms with van der Waals surface area (Å²) >= 11 is 0. The molecule has 0 aliphatic heterocycles. The highest BCUT2D eigenvalue weighted by Crippen LogP contribution is 2.20. The first-order valence-electron chi connectivity index (χ1n) is 8.47. The van der Waals surface area contributed by atoms with E-state index in [2.05, 4.69) is 23.6 Å². The topological polar surface area (TPSA) is 41.1 Å². The summed E-state index contributed by atoms with van der Waals surface area (Å²) in [5.74, 6) is 0.217. The molecule has 0 saturated heterocycles. The lowest BCUT2D eigenvalue weighted by Gasteiger charge is -2.23. The van der Waals surface area contributed by atoms with Gasteiger partial charge >= 0.3 is 0 Å². The van der Waals surface area contributed by atoms with Gasteiger partial charge in [0.15, 0.2) is 0 Å². The lowest BCUT2D eigenvalue weighted by molar-refractivity contribution is -0.121. The van der Waals surface area contributed by atoms with Crippen LogP contribution in [-0.2, 0) is 4.79 Å². The fourth-order valence-electron chi connectivity index (χ4n) is 3.34. The van der Waals surface area contributed by atoms with Crippen LogP contribution in [0.3, 0.4) is 0 Å². The van der Waals surface area contributed by atoms with E-state index in [0.717, 1.165) is 6.54 Å². The first-order valence-corrected chi connectivity index (χ1v) is 8.47. The zero-order valence-electron chi connectivity index (χ0n) is 12.9. The van der Waals surface area contributed by atoms with Gasteiger partial charge in [0.05, 0.1) is 0 Å². The SMILES string of the molecule is C[C@@H](NCCC(=O)NC1CCCCC1)C1=CCCCC1. The molecule has 2 N–H and O–H groups in total. The molecule has 2 rings (SSSR count). The molecule has 114 valence electrons. The zero-order valence-corrected chi connectivity index (χ0v) is 12.9. The van der Waals surface area contributed by atoms with Crippen LogP contribution in [0.5, 0.6) is 0 Å². The average molecular weight is 278 g/mol. The van der Waals surface area contributed by atoms with E-state index in [4.69, 9.17) is 0 Å². The second-order valence-electron chi connectivity index (χ2n) is 6.35. The predicted molar refractivity (Wildman–Crippen MR) is 83.6 cm³/mol. The summed E-state index contributed by atoms with van der Waals surface area (Å²) in [6.07, 6.45) is 14.3. The Kier molecular flexibility index (Phi) is 6.58. The summed E-state index contributed by atoms with van der Waals surface area (Å²) in [5, 5.41) is 6.67. The second kappa shape index (κ2) is 8.46. The number of carbonyl (C=O) groups excluding carboxylic acids is 1. The van der Waals surface area contributed by atoms with E-state index < -0.39 is 0 Å². The van der Waals surface area contributed by atoms with Crippen molar-refractivity contribution in [2.24, 2.45) is 0 Å². The molecule has 0 bridgehead atoms. The summed E-state index contributed by atoms with van der Waals surface area (Å²) in [7, 11) is 0. The molecule has 2 aliphatic rings. The van der Waals surface area contributed by atoms with Crippen LogP contribution in [0.25, 0.3) is 0 Å². The third-order valence-corrected chi connectivity index (χ3v) is 4.66. The molecule has 0 radical (unpaired) electrons. The van der Waals surface area contributed by atoms with E-state index in [9.17, 15) is 4.79 Å². The number of carbonyl (C=O) groups is 1. The van der Waals surface area contributed by atoms with Crippen LogP contribution < -0.4 is 10.6 Å². The summed E-state index contributed by atoms with van der Waals surface area (Å²) in [6.45, 7) is 3.01. The molecule has 0 heterocycles. The Hall–Kier alpha value is -0.830. The van der Waals surface area contributed by atoms with Crippen LogP contribution in [0, 0.1) is 0 Å². The molecular formula is C17H30N2O. The van der Waals surface area contributed by atoms with Crippen molar-refractivity contribution < 1.29 is 4.79 Å². The summed E-state index contributed by atoms with van der Waals surface area (Å²) in [6, 6.07) is 0.868. The fraction of sp³-hybridized carbons (Fsp3) is 0.824. The van der Waals surface area contributed by atoms with Gasteiger partial charge in [-0.05, 0) is 45.4 Å². The molecule has 0 aromatic carbocycles. The van der Waals surface area contributed by atoms with Crippen LogP contribution in [0.4, 0.5) is 0 Å². The summed E-state index contributed by atoms with van der Waals surface area (Å²) in [4.78, 5) is 11.9. The predicted octanol–water partition coefficient (Wildman–Crippen LogP) is 3.30. The van der Waals surface area contributed by atoms with Gasteiger partial charge in [-0.1, -0.05) is 30.9 Å². The molecule has 0 spiro atoms. The van der Waals surface area contributed by atoms with Crippen molar-refractivity contribution in [1.82, 2.24) is 10.6 Å². The minimum atomic E-state index is 0.217. The van der Waals surface area contributed by atoms with Crippen molar-refractivity contribution in [3.05, 3.63) is 11.6 Å². The van der Waals surface area contributed by atoms with Gasteiger partial charge in [0.25, 0.3) is 0 Å². The molecular weight excluding hydrogens is 248 g/mol. The van der Waals surface area contributed by atoms with Crippen LogP contribution in [0.1, 0.15) is 71.1 Å². The number of amides is 1. The molecule has 2 aliphatic carbocycles. The van der Waals surface area contributed by atoms with Crippen molar-refractivity contribution in [3.63, 3.8) is 0 Å². The molecule has 3 nitrogen and oxygen atoms in total. The lowest BCUT2D eigenvalue weighted by Crippen LogP contribution is -2.38. The Morgan fingerprint density at radius 1 is 1.25 bits per heavy atom. The first-order chi connectivity index (χ1) is 9.75. The minimum absolute atomic E-state index is 0.217. The highest BCUT2D eigenvalue weighted by Gasteiger charge is 2.16. The summed E-state index contributed by atoms with van der Waals surface area (Å²) in [5.41, 5.74) is 1.53. The molecule has 20 heavy (non-hydrogen) atoms. The molecule has 3 heteroatoms. The van der Waals surface area contributed by atoms with Crippen LogP contribution in [-0.4, -0.2) is 24.5 Å². The molecule has 1 atom stereocenters. The van der Waals surface area contributed by atoms with Gasteiger partial charge in [-0.2, -0.15) is 0 Å². The van der Waals surface area contributed by atoms with Gasteiger partial charge in [-0.15, -0.1) is 0 Å². The molecule has 1 saturated carbocycles. The van der Waals surface area contributed by atoms with E-state index in [1.807, 2.05) is 0 Å². The Labute approximate surface area is 123 Å². The number of rotatable bonds is 6. The minimum Gasteiger partial charge on any atom is -0.353 e. The van der Waals surface area contributed by atoms with E-state index in [0.29, 0.717) is 18.5 Å². The molecule has 0 unspecified atom stereocenters. The van der Waals surface area contributed by atoms with Crippen molar-refractivity contribution in [1.29, 1.82) is 0 Å². The van der Waals surface area contributed by atoms with Crippen molar-refractivity contribution in [2.45, 2.75) is 83.2 Å². The van der Waals surface area contributed by atoms with E-state index in [1.165, 1.54) is 63.4 Å². The maximum atomic E-state index is 11.9. The highest BCUT2D eigenvalue weighted by atomic mass is 16.1. The number of allylic oxidation sites excluding steroid dienone is 1. The Morgan fingerprint density at radius 2 is 2.05 bits per heavy atom. The zero-order chi connectivity index (χ0) is 14.2. The third kappa shape index (κ3) is 5.28. The van der Waals surface area contributed by atoms with Gasteiger partial charge in [0.2, 0.25) is 5.91 Å². The van der Waals surface area contributed by atoms with Crippen molar-refractivity contribution in [3.8, 4) is 0 Å². The number of hydrogen-bond acceptors (Lipinski definition) is 2. The van der Waals surface area contributed by atoms with Crippen LogP contribution in [0.2, 0.25) is 0 Å². The number of hydrogen-bond donors (Lipinski definition) is 2. The van der Waals surface area contributed by atoms with Gasteiger partial charge < -0.3 is 10.6 Å². The number of nitrogens with one attached hydrogen (secondary N) is 2. The Balaban J connectivity index is 1.59. The smallest absolute Gasteiger partial charge is 0.221 e. The normalized spacial score (nSPS) is 22.1. The Morgan fingerprint density at radius 3 is 2.75 bits per heavy atom. The molecule has 0 aromatic rings. The van der Waals surface area contributed by atoms with Crippen molar-refractivity contribution >= 4 is 5.91 Å². The van der Waals surface area contributed by atoms with Gasteiger partial charge in [-0.25, -0.2) is 0 Å². The van der Waals surface area contributed by atoms with Gasteiger partial charge in [0.1, 0.15) is 0 Å². The monoisotopic (exact) mass is 278 g/mol. The van der Waals surface area contributed by atoms with E-state index in [-0.39, 0.29) is 5.91 Å². The third-order valence-electron chi connectivity index (χ3n) is 4.66. The van der Waals surface area contributed by atoms with E-state index >= 15 is 0 Å². The van der Waals surface area contributed by atoms with Gasteiger partial charge in [-0.3, -0.25) is 4.79 Å². The maximum Gasteiger partial charge on any atom is 0.221 e. The highest BCUT2D eigenvalue weighted by molar-refractivity contribution is 5.76. The molecule has 0 aromatic heterocycles. The largest absolute Gasteiger partial charge is 0.353 e. The van der Waals surface area contributed by atoms with Crippen LogP contribution in [0.15, 0.2) is 11.6 Å². The Bertz CT molecular complexity index is 332. The quantitative estimate of drug-likeness (QED) is 0.732. The van der Waals surface area contributed by atoms with Crippen LogP contribution >= 0.6 is 0 Å². The van der Waals surface area contributed by atoms with Crippen molar-refractivity contribution in [2.75, 3.05) is 6.54 Å². The second-order valence-corrected chi connectivity index (χ2v) is 6.35. The lowest BCUT2D eigenvalue weighted by atomic mass is 9.94. The standard InChI is InChI=1S/C17H30N2O/c1-14(15-8-4-2-5-9-15)18-13-12-17(20)19-16-10-6-3-7-11-16/h8,14,16,18H,2-7,9-13H2,1H3,(H,19,20)/t14-/m1/s1. The first kappa shape index (κ1) is 15.6. The molecule has 1 amide bonds. The van der Waals surface area contributed by atoms with E-state index in [1.54, 1.807) is 0 Å².